The Balaban J connectivity index is 0.00000212. The molecule has 4 aromatic rings. The van der Waals surface area contributed by atoms with Crippen LogP contribution in [-0.4, -0.2) is 44.2 Å². The number of rotatable bonds is 6. The number of nitrogens with two attached hydrogens (primary N) is 1. The van der Waals surface area contributed by atoms with Crippen LogP contribution in [0.5, 0.6) is 5.75 Å². The molecule has 1 fully saturated rings. The lowest BCUT2D eigenvalue weighted by Crippen LogP contribution is -2.40. The Bertz CT molecular complexity index is 1760. The minimum Gasteiger partial charge on any atom is -0.490 e. The number of nitrogens with one attached hydrogen (secondary N) is 2. The molecule has 1 saturated heterocycles. The van der Waals surface area contributed by atoms with Crippen LogP contribution >= 0.6 is 24.8 Å². The number of hydrogen-bond acceptors (Lipinski definition) is 5. The zero-order valence-corrected chi connectivity index (χ0v) is 26.1. The number of halogens is 2. The van der Waals surface area contributed by atoms with E-state index in [2.05, 4.69) is 4.90 Å². The molecule has 11 heteroatoms. The number of likely N-dealkylation sites (tertiary alicyclic amines) is 1. The van der Waals surface area contributed by atoms with Crippen molar-refractivity contribution in [2.45, 2.75) is 43.2 Å². The fourth-order valence-electron chi connectivity index (χ4n) is 5.87. The summed E-state index contributed by atoms with van der Waals surface area (Å²) in [5.74, 6) is 1.30. The van der Waals surface area contributed by atoms with Crippen LogP contribution in [0.25, 0.3) is 10.8 Å². The molecule has 4 aromatic carbocycles. The smallest absolute Gasteiger partial charge is 0.264 e. The topological polar surface area (TPSA) is 124 Å². The second-order valence-corrected chi connectivity index (χ2v) is 12.6. The lowest BCUT2D eigenvalue weighted by atomic mass is 9.98. The molecule has 4 N–H and O–H groups in total. The van der Waals surface area contributed by atoms with E-state index in [-0.39, 0.29) is 41.6 Å². The highest BCUT2D eigenvalue weighted by molar-refractivity contribution is 7.92. The summed E-state index contributed by atoms with van der Waals surface area (Å²) in [6.45, 7) is 3.40. The summed E-state index contributed by atoms with van der Waals surface area (Å²) in [6, 6.07) is 25.4. The Morgan fingerprint density at radius 1 is 0.884 bits per heavy atom. The summed E-state index contributed by atoms with van der Waals surface area (Å²) >= 11 is 0. The van der Waals surface area contributed by atoms with Gasteiger partial charge in [0.15, 0.2) is 0 Å². The van der Waals surface area contributed by atoms with E-state index in [1.807, 2.05) is 67.6 Å². The molecule has 0 bridgehead atoms. The molecule has 0 aliphatic carbocycles. The normalized spacial score (nSPS) is 16.6. The van der Waals surface area contributed by atoms with Crippen LogP contribution in [0.3, 0.4) is 0 Å². The fraction of sp³-hybridized carbons (Fsp3) is 0.250. The molecule has 0 spiro atoms. The first-order valence-electron chi connectivity index (χ1n) is 13.8. The Morgan fingerprint density at radius 3 is 2.26 bits per heavy atom. The van der Waals surface area contributed by atoms with Gasteiger partial charge in [-0.25, -0.2) is 8.42 Å². The summed E-state index contributed by atoms with van der Waals surface area (Å²) in [6.07, 6.45) is 2.23. The highest BCUT2D eigenvalue weighted by atomic mass is 35.5. The molecule has 2 aliphatic rings. The third kappa shape index (κ3) is 6.30. The average molecular weight is 641 g/mol. The molecule has 2 heterocycles. The van der Waals surface area contributed by atoms with Crippen LogP contribution in [0.1, 0.15) is 42.5 Å². The van der Waals surface area contributed by atoms with Crippen LogP contribution in [0.15, 0.2) is 89.8 Å². The second kappa shape index (κ2) is 12.8. The summed E-state index contributed by atoms with van der Waals surface area (Å²) in [4.78, 5) is 2.30. The van der Waals surface area contributed by atoms with Crippen molar-refractivity contribution in [2.75, 3.05) is 17.4 Å². The molecular formula is C32H35Cl2N5O3S. The molecule has 226 valence electrons. The summed E-state index contributed by atoms with van der Waals surface area (Å²) in [5.41, 5.74) is 8.80. The van der Waals surface area contributed by atoms with Crippen molar-refractivity contribution in [2.24, 2.45) is 5.73 Å². The van der Waals surface area contributed by atoms with Gasteiger partial charge >= 0.3 is 0 Å². The van der Waals surface area contributed by atoms with E-state index in [9.17, 15) is 8.42 Å². The van der Waals surface area contributed by atoms with E-state index in [0.29, 0.717) is 23.5 Å². The number of sulfonamides is 1. The molecule has 0 aromatic heterocycles. The molecule has 0 radical (unpaired) electrons. The quantitative estimate of drug-likeness (QED) is 0.169. The largest absolute Gasteiger partial charge is 0.490 e. The van der Waals surface area contributed by atoms with E-state index in [4.69, 9.17) is 21.3 Å². The lowest BCUT2D eigenvalue weighted by Gasteiger charge is -2.33. The van der Waals surface area contributed by atoms with E-state index >= 15 is 0 Å². The van der Waals surface area contributed by atoms with Gasteiger partial charge in [0.25, 0.3) is 10.0 Å². The highest BCUT2D eigenvalue weighted by Crippen LogP contribution is 2.46. The van der Waals surface area contributed by atoms with Gasteiger partial charge < -0.3 is 15.4 Å². The van der Waals surface area contributed by atoms with E-state index < -0.39 is 16.1 Å². The first-order chi connectivity index (χ1) is 19.7. The first kappa shape index (κ1) is 32.1. The Kier molecular flexibility index (Phi) is 9.59. The van der Waals surface area contributed by atoms with E-state index in [0.717, 1.165) is 53.6 Å². The van der Waals surface area contributed by atoms with Gasteiger partial charge in [-0.2, -0.15) is 0 Å². The minimum absolute atomic E-state index is 0. The fourth-order valence-corrected chi connectivity index (χ4v) is 7.57. The molecule has 2 aliphatic heterocycles. The lowest BCUT2D eigenvalue weighted by molar-refractivity contribution is 0.130. The van der Waals surface area contributed by atoms with Crippen molar-refractivity contribution in [3.63, 3.8) is 0 Å². The standard InChI is InChI=1S/C32H33N5O3S.2ClH/c1-21(33)36-15-13-27(14-16-36)40-28-11-12-30-26(19-28)20-31(37(30)41(38,39)29-5-3-2-4-6-29)23-9-7-22-8-10-24(32(34)35)18-25(22)17-23;;/h2-12,17-19,27,31,33H,13-16,20H2,1H3,(H3,34,35);2*1H. The molecule has 0 amide bonds. The van der Waals surface area contributed by atoms with Crippen LogP contribution in [0.4, 0.5) is 5.69 Å². The maximum atomic E-state index is 14.1. The number of amidine groups is 2. The number of piperidine rings is 1. The number of ether oxygens (including phenoxy) is 1. The number of nitrogen functional groups attached to an aromatic ring is 1. The van der Waals surface area contributed by atoms with Gasteiger partial charge in [-0.15, -0.1) is 24.8 Å². The van der Waals surface area contributed by atoms with Crippen molar-refractivity contribution in [1.82, 2.24) is 4.90 Å². The van der Waals surface area contributed by atoms with Crippen molar-refractivity contribution in [3.05, 3.63) is 102 Å². The van der Waals surface area contributed by atoms with Gasteiger partial charge in [0.2, 0.25) is 0 Å². The van der Waals surface area contributed by atoms with E-state index in [1.54, 1.807) is 28.6 Å². The van der Waals surface area contributed by atoms with Gasteiger partial charge in [0.1, 0.15) is 17.7 Å². The third-order valence-electron chi connectivity index (χ3n) is 8.06. The van der Waals surface area contributed by atoms with Gasteiger partial charge in [-0.3, -0.25) is 15.1 Å². The van der Waals surface area contributed by atoms with Crippen LogP contribution < -0.4 is 14.8 Å². The molecular weight excluding hydrogens is 605 g/mol. The van der Waals surface area contributed by atoms with Crippen LogP contribution in [0, 0.1) is 10.8 Å². The number of fused-ring (bicyclic) bond motifs is 2. The monoisotopic (exact) mass is 639 g/mol. The summed E-state index contributed by atoms with van der Waals surface area (Å²) < 4.78 is 36.1. The zero-order chi connectivity index (χ0) is 28.7. The molecule has 1 unspecified atom stereocenters. The van der Waals surface area contributed by atoms with Crippen molar-refractivity contribution < 1.29 is 13.2 Å². The van der Waals surface area contributed by atoms with Crippen molar-refractivity contribution in [3.8, 4) is 5.75 Å². The Labute approximate surface area is 264 Å². The molecule has 43 heavy (non-hydrogen) atoms. The van der Waals surface area contributed by atoms with Crippen molar-refractivity contribution >= 4 is 63.0 Å². The summed E-state index contributed by atoms with van der Waals surface area (Å²) in [7, 11) is -3.87. The first-order valence-corrected chi connectivity index (χ1v) is 15.2. The van der Waals surface area contributed by atoms with Gasteiger partial charge in [0.05, 0.1) is 22.5 Å². The van der Waals surface area contributed by atoms with Crippen molar-refractivity contribution in [1.29, 1.82) is 10.8 Å². The molecule has 6 rings (SSSR count). The predicted molar refractivity (Wildman–Crippen MR) is 177 cm³/mol. The average Bonchev–Trinajstić information content (AvgIpc) is 3.37. The number of benzene rings is 4. The van der Waals surface area contributed by atoms with Crippen LogP contribution in [0.2, 0.25) is 0 Å². The molecule has 8 nitrogen and oxygen atoms in total. The number of hydrogen-bond donors (Lipinski definition) is 3. The van der Waals surface area contributed by atoms with Gasteiger partial charge in [-0.05, 0) is 71.3 Å². The maximum Gasteiger partial charge on any atom is 0.264 e. The number of nitrogens with zero attached hydrogens (tertiary/aromatic N) is 2. The SMILES string of the molecule is CC(=N)N1CCC(Oc2ccc3c(c2)CC(c2ccc4ccc(C(=N)N)cc4c2)N3S(=O)(=O)c2ccccc2)CC1.Cl.Cl. The minimum atomic E-state index is -3.87. The van der Waals surface area contributed by atoms with Crippen LogP contribution in [-0.2, 0) is 16.4 Å². The maximum absolute atomic E-state index is 14.1. The highest BCUT2D eigenvalue weighted by Gasteiger charge is 2.39. The molecule has 0 saturated carbocycles. The summed E-state index contributed by atoms with van der Waals surface area (Å²) in [5, 5.41) is 17.6. The second-order valence-electron chi connectivity index (χ2n) is 10.7. The van der Waals surface area contributed by atoms with E-state index in [1.165, 1.54) is 0 Å². The zero-order valence-electron chi connectivity index (χ0n) is 23.7. The predicted octanol–water partition coefficient (Wildman–Crippen LogP) is 6.30. The Morgan fingerprint density at radius 2 is 1.58 bits per heavy atom. The Hall–Kier alpha value is -3.79. The van der Waals surface area contributed by atoms with Gasteiger partial charge in [0, 0.05) is 37.9 Å². The third-order valence-corrected chi connectivity index (χ3v) is 9.90. The number of anilines is 1. The van der Waals surface area contributed by atoms with Gasteiger partial charge in [-0.1, -0.05) is 42.5 Å². The molecule has 1 atom stereocenters.